The molecule has 0 saturated heterocycles. The largest absolute Gasteiger partial charge is 0.522 e. The zero-order chi connectivity index (χ0) is 32.3. The molecule has 2 amide bonds. The number of benzene rings is 1. The van der Waals surface area contributed by atoms with Gasteiger partial charge in [-0.3, -0.25) is 24.2 Å². The van der Waals surface area contributed by atoms with Crippen molar-refractivity contribution in [2.75, 3.05) is 11.5 Å². The fourth-order valence-corrected chi connectivity index (χ4v) is 5.65. The van der Waals surface area contributed by atoms with Gasteiger partial charge in [0.2, 0.25) is 0 Å². The lowest BCUT2D eigenvalue weighted by molar-refractivity contribution is -0.327. The van der Waals surface area contributed by atoms with Gasteiger partial charge >= 0.3 is 6.36 Å². The van der Waals surface area contributed by atoms with Crippen molar-refractivity contribution in [3.63, 3.8) is 0 Å². The van der Waals surface area contributed by atoms with Crippen LogP contribution in [-0.2, 0) is 22.5 Å². The summed E-state index contributed by atoms with van der Waals surface area (Å²) in [4.78, 5) is 41.6. The highest BCUT2D eigenvalue weighted by atomic mass is 35.5. The van der Waals surface area contributed by atoms with Gasteiger partial charge in [0.1, 0.15) is 11.3 Å². The van der Waals surface area contributed by atoms with Crippen LogP contribution in [0.15, 0.2) is 42.9 Å². The lowest BCUT2D eigenvalue weighted by Crippen LogP contribution is -2.52. The molecule has 10 nitrogen and oxygen atoms in total. The van der Waals surface area contributed by atoms with Crippen LogP contribution in [0.3, 0.4) is 0 Å². The quantitative estimate of drug-likeness (QED) is 0.237. The number of hydrogen-bond acceptors (Lipinski definition) is 7. The second-order valence-corrected chi connectivity index (χ2v) is 12.3. The zero-order valence-electron chi connectivity index (χ0n) is 24.7. The van der Waals surface area contributed by atoms with Crippen molar-refractivity contribution in [2.24, 2.45) is 11.7 Å². The maximum absolute atomic E-state index is 13.5. The van der Waals surface area contributed by atoms with Crippen LogP contribution >= 0.6 is 11.6 Å². The number of alkyl halides is 3. The van der Waals surface area contributed by atoms with Gasteiger partial charge in [-0.2, -0.15) is 0 Å². The molecule has 2 N–H and O–H groups in total. The highest BCUT2D eigenvalue weighted by molar-refractivity contribution is 6.30. The molecule has 0 spiro atoms. The molecule has 0 unspecified atom stereocenters. The Morgan fingerprint density at radius 2 is 1.98 bits per heavy atom. The number of aromatic nitrogens is 4. The van der Waals surface area contributed by atoms with Crippen molar-refractivity contribution in [2.45, 2.75) is 64.6 Å². The summed E-state index contributed by atoms with van der Waals surface area (Å²) in [5.41, 5.74) is 7.97. The van der Waals surface area contributed by atoms with Gasteiger partial charge < -0.3 is 15.0 Å². The van der Waals surface area contributed by atoms with Crippen LogP contribution in [0.2, 0.25) is 5.02 Å². The number of amides is 2. The second kappa shape index (κ2) is 11.3. The number of rotatable bonds is 9. The van der Waals surface area contributed by atoms with Gasteiger partial charge in [-0.15, -0.1) is 13.2 Å². The van der Waals surface area contributed by atoms with Crippen LogP contribution in [0.4, 0.5) is 18.9 Å². The molecule has 1 saturated carbocycles. The first-order valence-corrected chi connectivity index (χ1v) is 14.8. The molecule has 4 heterocycles. The number of imidazole rings is 1. The number of carbonyl (C=O) groups excluding carboxylic acids is 2. The fourth-order valence-electron chi connectivity index (χ4n) is 5.54. The summed E-state index contributed by atoms with van der Waals surface area (Å²) in [5, 5.41) is 0.470. The molecule has 14 heteroatoms. The van der Waals surface area contributed by atoms with E-state index in [1.807, 2.05) is 0 Å². The Balaban J connectivity index is 1.49. The molecule has 45 heavy (non-hydrogen) atoms. The number of nitrogens with two attached hydrogens (primary N) is 1. The summed E-state index contributed by atoms with van der Waals surface area (Å²) >= 11 is 6.00. The molecule has 1 aliphatic carbocycles. The molecule has 0 radical (unpaired) electrons. The maximum atomic E-state index is 13.5. The van der Waals surface area contributed by atoms with Crippen LogP contribution in [0.1, 0.15) is 61.4 Å². The van der Waals surface area contributed by atoms with E-state index < -0.39 is 30.5 Å². The maximum Gasteiger partial charge on any atom is 0.522 e. The van der Waals surface area contributed by atoms with Gasteiger partial charge in [-0.05, 0) is 75.8 Å². The van der Waals surface area contributed by atoms with Crippen molar-refractivity contribution >= 4 is 40.3 Å². The van der Waals surface area contributed by atoms with E-state index in [0.717, 1.165) is 12.8 Å². The highest BCUT2D eigenvalue weighted by Crippen LogP contribution is 2.44. The molecule has 4 aromatic rings. The average Bonchev–Trinajstić information content (AvgIpc) is 3.69. The SMILES string of the molecule is C[C@@H](COC(F)(F)F)n1cnc2c(-c3ccc4c(c3)OC(C)(C)C(=O)N4Cc3ccc(Cl)cn3)c(C(N)=O)c(CC3CC3)nc21. The number of carbonyl (C=O) groups is 2. The number of primary amides is 1. The van der Waals surface area contributed by atoms with E-state index >= 15 is 0 Å². The minimum absolute atomic E-state index is 0.162. The smallest absolute Gasteiger partial charge is 0.476 e. The molecule has 0 bridgehead atoms. The Morgan fingerprint density at radius 3 is 2.62 bits per heavy atom. The van der Waals surface area contributed by atoms with E-state index in [4.69, 9.17) is 27.1 Å². The Bertz CT molecular complexity index is 1800. The Morgan fingerprint density at radius 1 is 1.22 bits per heavy atom. The fraction of sp³-hybridized carbons (Fsp3) is 0.387. The molecule has 1 aliphatic heterocycles. The molecule has 2 aliphatic rings. The van der Waals surface area contributed by atoms with E-state index in [2.05, 4.69) is 14.7 Å². The third-order valence-corrected chi connectivity index (χ3v) is 8.17. The van der Waals surface area contributed by atoms with E-state index in [1.165, 1.54) is 17.1 Å². The number of anilines is 1. The van der Waals surface area contributed by atoms with E-state index in [-0.39, 0.29) is 23.5 Å². The summed E-state index contributed by atoms with van der Waals surface area (Å²) in [6.45, 7) is 4.39. The van der Waals surface area contributed by atoms with E-state index in [1.54, 1.807) is 56.0 Å². The summed E-state index contributed by atoms with van der Waals surface area (Å²) in [6.07, 6.45) is 0.507. The van der Waals surface area contributed by atoms with Crippen LogP contribution in [0, 0.1) is 5.92 Å². The molecule has 3 aromatic heterocycles. The van der Waals surface area contributed by atoms with Gasteiger partial charge in [-0.1, -0.05) is 17.7 Å². The molecule has 6 rings (SSSR count). The normalized spacial score (nSPS) is 16.9. The Hall–Kier alpha value is -4.23. The van der Waals surface area contributed by atoms with Crippen molar-refractivity contribution < 1.29 is 32.2 Å². The second-order valence-electron chi connectivity index (χ2n) is 11.9. The predicted octanol–water partition coefficient (Wildman–Crippen LogP) is 6.00. The summed E-state index contributed by atoms with van der Waals surface area (Å²) < 4.78 is 50.3. The molecule has 1 fully saturated rings. The minimum Gasteiger partial charge on any atom is -0.476 e. The van der Waals surface area contributed by atoms with Crippen LogP contribution in [0.25, 0.3) is 22.3 Å². The third kappa shape index (κ3) is 6.19. The molecule has 1 atom stereocenters. The first-order valence-electron chi connectivity index (χ1n) is 14.4. The third-order valence-electron chi connectivity index (χ3n) is 7.95. The van der Waals surface area contributed by atoms with Crippen LogP contribution in [-0.4, -0.2) is 49.9 Å². The van der Waals surface area contributed by atoms with Gasteiger partial charge in [0.15, 0.2) is 11.2 Å². The van der Waals surface area contributed by atoms with Gasteiger partial charge in [-0.25, -0.2) is 9.97 Å². The molecular formula is C31H30ClF3N6O4. The van der Waals surface area contributed by atoms with E-state index in [0.29, 0.717) is 57.0 Å². The topological polar surface area (TPSA) is 125 Å². The lowest BCUT2D eigenvalue weighted by atomic mass is 9.94. The number of pyridine rings is 2. The number of halogens is 4. The van der Waals surface area contributed by atoms with Crippen LogP contribution in [0.5, 0.6) is 5.75 Å². The predicted molar refractivity (Wildman–Crippen MR) is 160 cm³/mol. The minimum atomic E-state index is -4.80. The number of hydrogen-bond donors (Lipinski definition) is 1. The van der Waals surface area contributed by atoms with Crippen molar-refractivity contribution in [1.29, 1.82) is 0 Å². The number of fused-ring (bicyclic) bond motifs is 2. The first-order chi connectivity index (χ1) is 21.2. The summed E-state index contributed by atoms with van der Waals surface area (Å²) in [7, 11) is 0. The Labute approximate surface area is 261 Å². The standard InChI is InChI=1S/C31H30ClF3N6O4/c1-16(14-44-31(33,34)35)41-15-38-26-24(25(27(36)42)21(39-28(26)41)10-17-4-5-17)18-6-9-22-23(11-18)45-30(2,3)29(43)40(22)13-20-8-7-19(32)12-37-20/h6-9,11-12,15-17H,4-5,10,13-14H2,1-3H3,(H2,36,42)/t16-/m0/s1. The highest BCUT2D eigenvalue weighted by Gasteiger charge is 2.41. The van der Waals surface area contributed by atoms with Crippen LogP contribution < -0.4 is 15.4 Å². The van der Waals surface area contributed by atoms with Gasteiger partial charge in [0.25, 0.3) is 11.8 Å². The van der Waals surface area contributed by atoms with Crippen molar-refractivity contribution in [1.82, 2.24) is 19.5 Å². The summed E-state index contributed by atoms with van der Waals surface area (Å²) in [5.74, 6) is -0.287. The number of ether oxygens (including phenoxy) is 2. The first kappa shape index (κ1) is 30.8. The summed E-state index contributed by atoms with van der Waals surface area (Å²) in [6, 6.07) is 7.80. The average molecular weight is 643 g/mol. The Kier molecular flexibility index (Phi) is 7.72. The van der Waals surface area contributed by atoms with Gasteiger partial charge in [0.05, 0.1) is 53.2 Å². The van der Waals surface area contributed by atoms with Crippen molar-refractivity contribution in [3.05, 3.63) is 64.8 Å². The molecule has 1 aromatic carbocycles. The number of nitrogens with zero attached hydrogens (tertiary/aromatic N) is 5. The van der Waals surface area contributed by atoms with E-state index in [9.17, 15) is 22.8 Å². The van der Waals surface area contributed by atoms with Gasteiger partial charge in [0, 0.05) is 11.8 Å². The monoisotopic (exact) mass is 642 g/mol. The zero-order valence-corrected chi connectivity index (χ0v) is 25.4. The molecular weight excluding hydrogens is 613 g/mol. The lowest BCUT2D eigenvalue weighted by Gasteiger charge is -2.39. The van der Waals surface area contributed by atoms with Crippen molar-refractivity contribution in [3.8, 4) is 16.9 Å². The molecule has 236 valence electrons.